The number of ketones is 1. The molecule has 8 heteroatoms. The average molecular weight is 558 g/mol. The van der Waals surface area contributed by atoms with Crippen LogP contribution in [0.2, 0.25) is 10.0 Å². The first-order valence-electron chi connectivity index (χ1n) is 13.1. The van der Waals surface area contributed by atoms with Crippen molar-refractivity contribution in [3.05, 3.63) is 52.1 Å². The molecule has 2 heterocycles. The Morgan fingerprint density at radius 2 is 1.82 bits per heavy atom. The highest BCUT2D eigenvalue weighted by atomic mass is 35.5. The molecule has 0 spiro atoms. The summed E-state index contributed by atoms with van der Waals surface area (Å²) in [5.41, 5.74) is 10.1. The number of phenolic OH excluding ortho intramolecular Hbond substituents is 1. The summed E-state index contributed by atoms with van der Waals surface area (Å²) in [6.07, 6.45) is 8.47. The minimum Gasteiger partial charge on any atom is -0.505 e. The maximum Gasteiger partial charge on any atom is 0.163 e. The maximum atomic E-state index is 12.6. The Labute approximate surface area is 235 Å². The van der Waals surface area contributed by atoms with Crippen molar-refractivity contribution in [2.45, 2.75) is 65.0 Å². The van der Waals surface area contributed by atoms with Gasteiger partial charge in [0.15, 0.2) is 11.5 Å². The first kappa shape index (κ1) is 28.6. The highest BCUT2D eigenvalue weighted by molar-refractivity contribution is 6.37. The number of Topliss-reactive ketones (excluding diaryl/α,β-unsaturated/α-hetero) is 1. The molecule has 0 amide bonds. The van der Waals surface area contributed by atoms with Crippen LogP contribution in [0.1, 0.15) is 63.2 Å². The molecule has 4 N–H and O–H groups in total. The van der Waals surface area contributed by atoms with Crippen molar-refractivity contribution in [1.29, 1.82) is 0 Å². The average Bonchev–Trinajstić information content (AvgIpc) is 2.88. The predicted octanol–water partition coefficient (Wildman–Crippen LogP) is 7.15. The number of nitrogens with zero attached hydrogens (tertiary/aromatic N) is 2. The lowest BCUT2D eigenvalue weighted by Crippen LogP contribution is -2.45. The van der Waals surface area contributed by atoms with E-state index in [9.17, 15) is 9.90 Å². The molecule has 1 saturated carbocycles. The van der Waals surface area contributed by atoms with E-state index in [2.05, 4.69) is 15.2 Å². The predicted molar refractivity (Wildman–Crippen MR) is 159 cm³/mol. The number of anilines is 1. The lowest BCUT2D eigenvalue weighted by molar-refractivity contribution is 0.101. The van der Waals surface area contributed by atoms with Gasteiger partial charge < -0.3 is 21.1 Å². The zero-order chi connectivity index (χ0) is 26.1. The fourth-order valence-corrected chi connectivity index (χ4v) is 6.33. The van der Waals surface area contributed by atoms with Gasteiger partial charge in [-0.2, -0.15) is 0 Å². The van der Waals surface area contributed by atoms with Gasteiger partial charge >= 0.3 is 0 Å². The first-order valence-corrected chi connectivity index (χ1v) is 13.9. The summed E-state index contributed by atoms with van der Waals surface area (Å²) in [4.78, 5) is 19.7. The van der Waals surface area contributed by atoms with Crippen LogP contribution in [-0.2, 0) is 0 Å². The van der Waals surface area contributed by atoms with Crippen molar-refractivity contribution in [3.63, 3.8) is 0 Å². The van der Waals surface area contributed by atoms with E-state index in [0.717, 1.165) is 79.5 Å². The quantitative estimate of drug-likeness (QED) is 0.279. The molecule has 38 heavy (non-hydrogen) atoms. The second kappa shape index (κ2) is 12.2. The Bertz CT molecular complexity index is 1280. The van der Waals surface area contributed by atoms with Crippen LogP contribution >= 0.6 is 23.2 Å². The zero-order valence-corrected chi connectivity index (χ0v) is 22.7. The number of hydrogen-bond acceptors (Lipinski definition) is 6. The largest absolute Gasteiger partial charge is 0.505 e. The highest BCUT2D eigenvalue weighted by Gasteiger charge is 2.26. The van der Waals surface area contributed by atoms with E-state index in [1.165, 1.54) is 6.42 Å². The number of pyridine rings is 1. The summed E-state index contributed by atoms with van der Waals surface area (Å²) in [5, 5.41) is 15.0. The standard InChI is InChI=1S/C29H34Cl2N4O2.CH4/c1-17(36)24-14-33-27-9-6-19(20-12-25(30)29(37)26(31)13-20)11-23(27)28(24)34-22-7-4-18(5-8-22)15-35-10-2-3-21(32)16-35;/h6,9,11-14,18,21-22,37H,2-5,7-8,10,15-16,32H2,1H3,(H,33,34);1H4. The Morgan fingerprint density at radius 3 is 2.47 bits per heavy atom. The molecule has 1 unspecified atom stereocenters. The maximum absolute atomic E-state index is 12.6. The Morgan fingerprint density at radius 1 is 1.11 bits per heavy atom. The molecule has 6 nitrogen and oxygen atoms in total. The van der Waals surface area contributed by atoms with Crippen LogP contribution in [-0.4, -0.2) is 52.5 Å². The third kappa shape index (κ3) is 6.26. The fourth-order valence-electron chi connectivity index (χ4n) is 5.84. The molecule has 1 aromatic heterocycles. The fraction of sp³-hybridized carbons (Fsp3) is 0.467. The topological polar surface area (TPSA) is 91.5 Å². The van der Waals surface area contributed by atoms with Crippen molar-refractivity contribution in [3.8, 4) is 16.9 Å². The van der Waals surface area contributed by atoms with Gasteiger partial charge in [0.1, 0.15) is 0 Å². The van der Waals surface area contributed by atoms with Crippen molar-refractivity contribution in [2.75, 3.05) is 25.0 Å². The van der Waals surface area contributed by atoms with Crippen LogP contribution in [0.4, 0.5) is 5.69 Å². The van der Waals surface area contributed by atoms with Gasteiger partial charge in [-0.05, 0) is 93.3 Å². The number of phenols is 1. The summed E-state index contributed by atoms with van der Waals surface area (Å²) < 4.78 is 0. The number of nitrogens with two attached hydrogens (primary N) is 1. The molecule has 2 fully saturated rings. The molecule has 0 bridgehead atoms. The number of hydrogen-bond donors (Lipinski definition) is 3. The number of benzene rings is 2. The van der Waals surface area contributed by atoms with E-state index in [0.29, 0.717) is 23.6 Å². The van der Waals surface area contributed by atoms with Gasteiger partial charge in [-0.3, -0.25) is 9.78 Å². The number of halogens is 2. The molecule has 204 valence electrons. The molecular formula is C30H38Cl2N4O2. The summed E-state index contributed by atoms with van der Waals surface area (Å²) in [7, 11) is 0. The zero-order valence-electron chi connectivity index (χ0n) is 21.1. The van der Waals surface area contributed by atoms with Crippen molar-refractivity contribution in [1.82, 2.24) is 9.88 Å². The van der Waals surface area contributed by atoms with Crippen LogP contribution in [0.5, 0.6) is 5.75 Å². The molecular weight excluding hydrogens is 519 g/mol. The Hall–Kier alpha value is -2.38. The third-order valence-corrected chi connectivity index (χ3v) is 8.43. The Kier molecular flexibility index (Phi) is 9.19. The van der Waals surface area contributed by atoms with E-state index >= 15 is 0 Å². The van der Waals surface area contributed by atoms with Gasteiger partial charge in [-0.25, -0.2) is 0 Å². The van der Waals surface area contributed by atoms with E-state index in [1.807, 2.05) is 18.2 Å². The summed E-state index contributed by atoms with van der Waals surface area (Å²) in [6.45, 7) is 4.90. The molecule has 3 aromatic rings. The van der Waals surface area contributed by atoms with Gasteiger partial charge in [-0.1, -0.05) is 36.7 Å². The van der Waals surface area contributed by atoms with Gasteiger partial charge in [0.2, 0.25) is 0 Å². The molecule has 5 rings (SSSR count). The number of rotatable bonds is 6. The first-order chi connectivity index (χ1) is 17.8. The van der Waals surface area contributed by atoms with Gasteiger partial charge in [0.05, 0.1) is 26.8 Å². The number of carbonyl (C=O) groups is 1. The number of nitrogens with one attached hydrogen (secondary N) is 1. The normalized spacial score (nSPS) is 22.2. The summed E-state index contributed by atoms with van der Waals surface area (Å²) in [5.74, 6) is 0.544. The van der Waals surface area contributed by atoms with Gasteiger partial charge in [-0.15, -0.1) is 0 Å². The smallest absolute Gasteiger partial charge is 0.163 e. The number of aromatic hydroxyl groups is 1. The second-order valence-corrected chi connectivity index (χ2v) is 11.5. The molecule has 1 atom stereocenters. The van der Waals surface area contributed by atoms with Crippen LogP contribution < -0.4 is 11.1 Å². The molecule has 2 aromatic carbocycles. The molecule has 1 saturated heterocycles. The van der Waals surface area contributed by atoms with E-state index < -0.39 is 0 Å². The highest BCUT2D eigenvalue weighted by Crippen LogP contribution is 2.39. The summed E-state index contributed by atoms with van der Waals surface area (Å²) in [6, 6.07) is 9.89. The van der Waals surface area contributed by atoms with Gasteiger partial charge in [0.25, 0.3) is 0 Å². The van der Waals surface area contributed by atoms with Crippen molar-refractivity contribution >= 4 is 45.6 Å². The van der Waals surface area contributed by atoms with Crippen molar-refractivity contribution < 1.29 is 9.90 Å². The number of piperidine rings is 1. The number of fused-ring (bicyclic) bond motifs is 1. The minimum absolute atomic E-state index is 0. The minimum atomic E-state index is -0.130. The molecule has 0 radical (unpaired) electrons. The molecule has 1 aliphatic heterocycles. The molecule has 1 aliphatic carbocycles. The van der Waals surface area contributed by atoms with E-state index in [4.69, 9.17) is 28.9 Å². The SMILES string of the molecule is C.CC(=O)c1cnc2ccc(-c3cc(Cl)c(O)c(Cl)c3)cc2c1NC1CCC(CN2CCCC(N)C2)CC1. The number of carbonyl (C=O) groups excluding carboxylic acids is 1. The van der Waals surface area contributed by atoms with Crippen LogP contribution in [0, 0.1) is 5.92 Å². The van der Waals surface area contributed by atoms with E-state index in [-0.39, 0.29) is 29.0 Å². The van der Waals surface area contributed by atoms with Crippen LogP contribution in [0.3, 0.4) is 0 Å². The van der Waals surface area contributed by atoms with Gasteiger partial charge in [0, 0.05) is 36.8 Å². The third-order valence-electron chi connectivity index (χ3n) is 7.85. The number of likely N-dealkylation sites (tertiary alicyclic amines) is 1. The van der Waals surface area contributed by atoms with Crippen molar-refractivity contribution in [2.24, 2.45) is 11.7 Å². The monoisotopic (exact) mass is 556 g/mol. The molecule has 2 aliphatic rings. The lowest BCUT2D eigenvalue weighted by Gasteiger charge is -2.36. The second-order valence-electron chi connectivity index (χ2n) is 10.6. The van der Waals surface area contributed by atoms with Crippen LogP contribution in [0.25, 0.3) is 22.0 Å². The summed E-state index contributed by atoms with van der Waals surface area (Å²) >= 11 is 12.4. The number of aromatic nitrogens is 1. The lowest BCUT2D eigenvalue weighted by atomic mass is 9.85. The van der Waals surface area contributed by atoms with Crippen LogP contribution in [0.15, 0.2) is 36.5 Å². The van der Waals surface area contributed by atoms with E-state index in [1.54, 1.807) is 25.3 Å². The Balaban J connectivity index is 0.00000336.